The maximum Gasteiger partial charge on any atom is 0.290 e. The standard InChI is InChI=1S/C15H30B3Cl3N3/c1-10(13(4,5)19)22-16-23(11(2)14(6,7)20)18-24(17-22)12(3)15(8,9)21/h10-12H,1-9H3. The predicted molar refractivity (Wildman–Crippen MR) is 111 cm³/mol. The first kappa shape index (κ1) is 23.0. The van der Waals surface area contributed by atoms with E-state index >= 15 is 0 Å². The SMILES string of the molecule is CC(N1[B]N(C(C)C(C)(C)Cl)[B]N(C(C)C(C)(C)Cl)[B]1)C(C)(C)Cl. The van der Waals surface area contributed by atoms with Crippen molar-refractivity contribution < 1.29 is 0 Å². The maximum absolute atomic E-state index is 6.57. The van der Waals surface area contributed by atoms with Crippen LogP contribution in [-0.2, 0) is 0 Å². The molecule has 24 heavy (non-hydrogen) atoms. The molecular formula is C15H30B3Cl3N3. The van der Waals surface area contributed by atoms with E-state index in [2.05, 4.69) is 57.6 Å². The quantitative estimate of drug-likeness (QED) is 0.505. The third-order valence-corrected chi connectivity index (χ3v) is 6.07. The highest BCUT2D eigenvalue weighted by atomic mass is 35.5. The minimum absolute atomic E-state index is 0.106. The van der Waals surface area contributed by atoms with Gasteiger partial charge in [0.25, 0.3) is 22.6 Å². The number of hydrogen-bond donors (Lipinski definition) is 0. The molecular weight excluding hydrogens is 361 g/mol. The second-order valence-electron chi connectivity index (χ2n) is 8.41. The van der Waals surface area contributed by atoms with Gasteiger partial charge in [-0.3, -0.25) is 0 Å². The number of rotatable bonds is 6. The summed E-state index contributed by atoms with van der Waals surface area (Å²) >= 11 is 19.7. The first-order valence-corrected chi connectivity index (χ1v) is 9.62. The van der Waals surface area contributed by atoms with Crippen molar-refractivity contribution >= 4 is 57.5 Å². The van der Waals surface area contributed by atoms with E-state index in [9.17, 15) is 0 Å². The molecule has 1 aliphatic heterocycles. The molecule has 0 aromatic carbocycles. The van der Waals surface area contributed by atoms with Crippen molar-refractivity contribution in [3.63, 3.8) is 0 Å². The Balaban J connectivity index is 3.07. The molecule has 0 bridgehead atoms. The molecule has 1 fully saturated rings. The summed E-state index contributed by atoms with van der Waals surface area (Å²) in [7, 11) is 6.23. The van der Waals surface area contributed by atoms with Crippen LogP contribution in [0.5, 0.6) is 0 Å². The lowest BCUT2D eigenvalue weighted by molar-refractivity contribution is 0.299. The lowest BCUT2D eigenvalue weighted by Crippen LogP contribution is -2.71. The fourth-order valence-corrected chi connectivity index (χ4v) is 2.55. The van der Waals surface area contributed by atoms with Crippen LogP contribution in [0, 0.1) is 0 Å². The summed E-state index contributed by atoms with van der Waals surface area (Å²) in [4.78, 5) is -1.12. The molecule has 1 aliphatic rings. The maximum atomic E-state index is 6.57. The molecule has 0 spiro atoms. The highest BCUT2D eigenvalue weighted by Gasteiger charge is 2.43. The van der Waals surface area contributed by atoms with Gasteiger partial charge < -0.3 is 14.2 Å². The Hall–Kier alpha value is 0.945. The van der Waals surface area contributed by atoms with Crippen LogP contribution in [0.25, 0.3) is 0 Å². The first-order chi connectivity index (χ1) is 10.5. The average Bonchev–Trinajstić information content (AvgIpc) is 2.41. The van der Waals surface area contributed by atoms with Gasteiger partial charge in [0.05, 0.1) is 14.6 Å². The molecule has 0 N–H and O–H groups in total. The molecule has 0 aliphatic carbocycles. The third-order valence-electron chi connectivity index (χ3n) is 5.12. The van der Waals surface area contributed by atoms with Crippen LogP contribution in [0.1, 0.15) is 62.3 Å². The van der Waals surface area contributed by atoms with Gasteiger partial charge in [0.1, 0.15) is 0 Å². The molecule has 9 heteroatoms. The molecule has 1 rings (SSSR count). The van der Waals surface area contributed by atoms with Gasteiger partial charge in [-0.1, -0.05) is 0 Å². The Bertz CT molecular complexity index is 353. The largest absolute Gasteiger partial charge is 0.361 e. The summed E-state index contributed by atoms with van der Waals surface area (Å²) in [5.41, 5.74) is 0. The molecule has 1 saturated heterocycles. The van der Waals surface area contributed by atoms with Gasteiger partial charge in [-0.15, -0.1) is 34.8 Å². The van der Waals surface area contributed by atoms with Crippen molar-refractivity contribution in [1.82, 2.24) is 14.2 Å². The average molecular weight is 391 g/mol. The molecule has 0 saturated carbocycles. The van der Waals surface area contributed by atoms with E-state index in [1.165, 1.54) is 0 Å². The summed E-state index contributed by atoms with van der Waals surface area (Å²) in [6.45, 7) is 18.5. The van der Waals surface area contributed by atoms with Crippen molar-refractivity contribution in [1.29, 1.82) is 0 Å². The van der Waals surface area contributed by atoms with E-state index in [4.69, 9.17) is 34.8 Å². The van der Waals surface area contributed by atoms with E-state index in [0.717, 1.165) is 0 Å². The normalized spacial score (nSPS) is 23.0. The highest BCUT2D eigenvalue weighted by Crippen LogP contribution is 2.29. The lowest BCUT2D eigenvalue weighted by atomic mass is 9.67. The Labute approximate surface area is 166 Å². The number of nitrogens with zero attached hydrogens (tertiary/aromatic N) is 3. The van der Waals surface area contributed by atoms with E-state index < -0.39 is 0 Å². The van der Waals surface area contributed by atoms with Gasteiger partial charge >= 0.3 is 0 Å². The van der Waals surface area contributed by atoms with Gasteiger partial charge in [0.15, 0.2) is 0 Å². The van der Waals surface area contributed by atoms with Gasteiger partial charge in [-0.05, 0) is 62.3 Å². The highest BCUT2D eigenvalue weighted by molar-refractivity contribution is 6.65. The zero-order valence-corrected chi connectivity index (χ0v) is 18.7. The monoisotopic (exact) mass is 390 g/mol. The molecule has 0 aromatic heterocycles. The summed E-state index contributed by atoms with van der Waals surface area (Å²) in [6, 6.07) is 0.317. The van der Waals surface area contributed by atoms with Crippen LogP contribution in [-0.4, -0.2) is 69.6 Å². The molecule has 1 heterocycles. The number of halogens is 3. The Morgan fingerprint density at radius 3 is 0.833 bits per heavy atom. The predicted octanol–water partition coefficient (Wildman–Crippen LogP) is 3.73. The number of alkyl halides is 3. The molecule has 135 valence electrons. The van der Waals surface area contributed by atoms with Crippen LogP contribution in [0.4, 0.5) is 0 Å². The molecule has 0 amide bonds. The van der Waals surface area contributed by atoms with Crippen LogP contribution in [0.15, 0.2) is 0 Å². The number of hydrogen-bond acceptors (Lipinski definition) is 3. The van der Waals surface area contributed by atoms with E-state index in [-0.39, 0.29) is 32.7 Å². The molecule has 0 aromatic rings. The minimum atomic E-state index is -0.374. The Morgan fingerprint density at radius 1 is 0.542 bits per heavy atom. The van der Waals surface area contributed by atoms with Gasteiger partial charge in [-0.2, -0.15) is 0 Å². The van der Waals surface area contributed by atoms with Crippen molar-refractivity contribution in [2.75, 3.05) is 0 Å². The van der Waals surface area contributed by atoms with E-state index in [1.54, 1.807) is 0 Å². The molecule has 3 nitrogen and oxygen atoms in total. The summed E-state index contributed by atoms with van der Waals surface area (Å²) in [5.74, 6) is 0. The van der Waals surface area contributed by atoms with Crippen LogP contribution < -0.4 is 0 Å². The summed E-state index contributed by atoms with van der Waals surface area (Å²) < 4.78 is 6.43. The fourth-order valence-electron chi connectivity index (χ4n) is 2.21. The zero-order chi connectivity index (χ0) is 19.1. The summed E-state index contributed by atoms with van der Waals surface area (Å²) in [5, 5.41) is 0. The van der Waals surface area contributed by atoms with Crippen molar-refractivity contribution in [3.05, 3.63) is 0 Å². The second kappa shape index (κ2) is 7.90. The third kappa shape index (κ3) is 5.99. The first-order valence-electron chi connectivity index (χ1n) is 8.49. The topological polar surface area (TPSA) is 9.72 Å². The van der Waals surface area contributed by atoms with Gasteiger partial charge in [-0.25, -0.2) is 0 Å². The summed E-state index contributed by atoms with van der Waals surface area (Å²) in [6.07, 6.45) is 0. The zero-order valence-electron chi connectivity index (χ0n) is 16.4. The van der Waals surface area contributed by atoms with Crippen LogP contribution >= 0.6 is 34.8 Å². The van der Waals surface area contributed by atoms with Crippen molar-refractivity contribution in [2.45, 2.75) is 95.1 Å². The molecule has 3 radical (unpaired) electrons. The second-order valence-corrected chi connectivity index (χ2v) is 11.3. The molecule has 3 unspecified atom stereocenters. The fraction of sp³-hybridized carbons (Fsp3) is 1.00. The lowest BCUT2D eigenvalue weighted by Gasteiger charge is -2.51. The Kier molecular flexibility index (Phi) is 7.57. The van der Waals surface area contributed by atoms with Gasteiger partial charge in [0, 0.05) is 18.1 Å². The van der Waals surface area contributed by atoms with E-state index in [1.807, 2.05) is 41.5 Å². The smallest absolute Gasteiger partial charge is 0.290 e. The minimum Gasteiger partial charge on any atom is -0.361 e. The van der Waals surface area contributed by atoms with Crippen LogP contribution in [0.2, 0.25) is 0 Å². The van der Waals surface area contributed by atoms with Crippen molar-refractivity contribution in [3.8, 4) is 0 Å². The van der Waals surface area contributed by atoms with Crippen LogP contribution in [0.3, 0.4) is 0 Å². The van der Waals surface area contributed by atoms with E-state index in [0.29, 0.717) is 0 Å². The Morgan fingerprint density at radius 2 is 0.708 bits per heavy atom. The van der Waals surface area contributed by atoms with Crippen molar-refractivity contribution in [2.24, 2.45) is 0 Å². The molecule has 3 atom stereocenters. The van der Waals surface area contributed by atoms with Gasteiger partial charge in [0.2, 0.25) is 0 Å².